The van der Waals surface area contributed by atoms with Crippen molar-refractivity contribution >= 4 is 21.6 Å². The summed E-state index contributed by atoms with van der Waals surface area (Å²) < 4.78 is 0. The summed E-state index contributed by atoms with van der Waals surface area (Å²) in [6.45, 7) is 1.98. The molecule has 0 amide bonds. The van der Waals surface area contributed by atoms with Crippen LogP contribution >= 0.6 is 15.9 Å². The van der Waals surface area contributed by atoms with E-state index in [0.29, 0.717) is 0 Å². The summed E-state index contributed by atoms with van der Waals surface area (Å²) in [5.74, 6) is 0. The van der Waals surface area contributed by atoms with Gasteiger partial charge in [0.1, 0.15) is 4.95 Å². The smallest absolute Gasteiger partial charge is 0.123 e. The summed E-state index contributed by atoms with van der Waals surface area (Å²) in [6, 6.07) is 0. The Kier molecular flexibility index (Phi) is 1.28. The van der Waals surface area contributed by atoms with Crippen molar-refractivity contribution in [2.24, 2.45) is 4.99 Å². The lowest BCUT2D eigenvalue weighted by molar-refractivity contribution is 1.21. The van der Waals surface area contributed by atoms with Crippen molar-refractivity contribution in [3.63, 3.8) is 0 Å². The minimum atomic E-state index is 0.243. The van der Waals surface area contributed by atoms with E-state index in [4.69, 9.17) is 0 Å². The summed E-state index contributed by atoms with van der Waals surface area (Å²) in [7, 11) is 0. The van der Waals surface area contributed by atoms with Crippen LogP contribution in [0.25, 0.3) is 0 Å². The van der Waals surface area contributed by atoms with Crippen LogP contribution in [0.1, 0.15) is 6.92 Å². The molecule has 0 N–H and O–H groups in total. The van der Waals surface area contributed by atoms with Crippen LogP contribution in [0.4, 0.5) is 0 Å². The van der Waals surface area contributed by atoms with Gasteiger partial charge in [0.05, 0.1) is 0 Å². The highest BCUT2D eigenvalue weighted by molar-refractivity contribution is 9.09. The molecule has 1 nitrogen and oxygen atoms in total. The first kappa shape index (κ1) is 5.04. The average Bonchev–Trinajstić information content (AvgIpc) is 1.87. The molecule has 1 aliphatic heterocycles. The van der Waals surface area contributed by atoms with E-state index in [1.165, 1.54) is 0 Å². The van der Waals surface area contributed by atoms with Crippen molar-refractivity contribution in [1.82, 2.24) is 0 Å². The predicted molar refractivity (Wildman–Crippen MR) is 35.0 cm³/mol. The molecular weight excluding hydrogens is 154 g/mol. The second kappa shape index (κ2) is 1.78. The Labute approximate surface area is 51.3 Å². The number of rotatable bonds is 0. The number of allylic oxidation sites excluding steroid dienone is 1. The molecule has 1 aliphatic rings. The van der Waals surface area contributed by atoms with Crippen LogP contribution < -0.4 is 0 Å². The van der Waals surface area contributed by atoms with E-state index in [9.17, 15) is 0 Å². The first-order valence-electron chi connectivity index (χ1n) is 2.16. The molecule has 2 heteroatoms. The van der Waals surface area contributed by atoms with Gasteiger partial charge in [0, 0.05) is 5.71 Å². The Bertz CT molecular complexity index is 126. The molecule has 0 saturated heterocycles. The second-order valence-corrected chi connectivity index (χ2v) is 2.44. The maximum Gasteiger partial charge on any atom is 0.123 e. The first-order chi connectivity index (χ1) is 3.29. The van der Waals surface area contributed by atoms with Crippen LogP contribution in [0.5, 0.6) is 0 Å². The van der Waals surface area contributed by atoms with Crippen LogP contribution in [0.2, 0.25) is 0 Å². The summed E-state index contributed by atoms with van der Waals surface area (Å²) in [5, 5.41) is 0. The number of nitrogens with zero attached hydrogens (tertiary/aromatic N) is 1. The van der Waals surface area contributed by atoms with Crippen molar-refractivity contribution in [3.8, 4) is 0 Å². The summed E-state index contributed by atoms with van der Waals surface area (Å²) in [6.07, 6.45) is 4.01. The number of aliphatic imine (C=N–C) groups is 1. The molecule has 0 spiro atoms. The number of halogens is 1. The Morgan fingerprint density at radius 1 is 1.86 bits per heavy atom. The van der Waals surface area contributed by atoms with E-state index in [0.717, 1.165) is 5.71 Å². The third-order valence-corrected chi connectivity index (χ3v) is 1.33. The van der Waals surface area contributed by atoms with Crippen LogP contribution in [0.15, 0.2) is 17.1 Å². The highest BCUT2D eigenvalue weighted by Gasteiger charge is 1.99. The lowest BCUT2D eigenvalue weighted by atomic mass is 10.4. The van der Waals surface area contributed by atoms with Crippen LogP contribution in [0.3, 0.4) is 0 Å². The molecular formula is C5H6BrN. The fourth-order valence-electron chi connectivity index (χ4n) is 0.499. The topological polar surface area (TPSA) is 12.4 Å². The van der Waals surface area contributed by atoms with Gasteiger partial charge in [0.2, 0.25) is 0 Å². The zero-order chi connectivity index (χ0) is 5.28. The van der Waals surface area contributed by atoms with Gasteiger partial charge in [-0.05, 0) is 19.1 Å². The van der Waals surface area contributed by atoms with Crippen molar-refractivity contribution in [1.29, 1.82) is 0 Å². The van der Waals surface area contributed by atoms with Gasteiger partial charge in [-0.3, -0.25) is 4.99 Å². The molecule has 0 aromatic carbocycles. The van der Waals surface area contributed by atoms with Gasteiger partial charge in [-0.2, -0.15) is 0 Å². The van der Waals surface area contributed by atoms with Crippen LogP contribution in [0, 0.1) is 0 Å². The molecule has 0 radical (unpaired) electrons. The third kappa shape index (κ3) is 1.13. The highest BCUT2D eigenvalue weighted by atomic mass is 79.9. The van der Waals surface area contributed by atoms with Crippen molar-refractivity contribution in [3.05, 3.63) is 12.2 Å². The molecule has 0 bridgehead atoms. The van der Waals surface area contributed by atoms with E-state index in [2.05, 4.69) is 20.9 Å². The average molecular weight is 160 g/mol. The van der Waals surface area contributed by atoms with Gasteiger partial charge in [0.15, 0.2) is 0 Å². The minimum Gasteiger partial charge on any atom is -0.271 e. The Hall–Kier alpha value is -0.110. The molecule has 38 valence electrons. The lowest BCUT2D eigenvalue weighted by Crippen LogP contribution is -1.80. The quantitative estimate of drug-likeness (QED) is 0.378. The summed E-state index contributed by atoms with van der Waals surface area (Å²) in [5.41, 5.74) is 1.10. The molecule has 0 fully saturated rings. The molecule has 0 saturated carbocycles. The fourth-order valence-corrected chi connectivity index (χ4v) is 0.975. The summed E-state index contributed by atoms with van der Waals surface area (Å²) >= 11 is 3.30. The monoisotopic (exact) mass is 159 g/mol. The molecule has 0 aromatic rings. The Morgan fingerprint density at radius 3 is 2.71 bits per heavy atom. The zero-order valence-corrected chi connectivity index (χ0v) is 5.64. The van der Waals surface area contributed by atoms with E-state index in [1.807, 2.05) is 19.1 Å². The van der Waals surface area contributed by atoms with Gasteiger partial charge in [-0.15, -0.1) is 0 Å². The van der Waals surface area contributed by atoms with Crippen LogP contribution in [-0.4, -0.2) is 10.7 Å². The lowest BCUT2D eigenvalue weighted by Gasteiger charge is -1.84. The molecule has 0 aromatic heterocycles. The minimum absolute atomic E-state index is 0.243. The van der Waals surface area contributed by atoms with E-state index in [-0.39, 0.29) is 4.95 Å². The fraction of sp³-hybridized carbons (Fsp3) is 0.400. The zero-order valence-electron chi connectivity index (χ0n) is 4.06. The number of alkyl halides is 1. The van der Waals surface area contributed by atoms with Gasteiger partial charge in [-0.25, -0.2) is 0 Å². The SMILES string of the molecule is CC1=NC(Br)C=C1. The number of hydrogen-bond acceptors (Lipinski definition) is 1. The number of hydrogen-bond donors (Lipinski definition) is 0. The van der Waals surface area contributed by atoms with Gasteiger partial charge in [-0.1, -0.05) is 15.9 Å². The predicted octanol–water partition coefficient (Wildman–Crippen LogP) is 1.74. The second-order valence-electron chi connectivity index (χ2n) is 1.50. The molecule has 7 heavy (non-hydrogen) atoms. The molecule has 0 aliphatic carbocycles. The van der Waals surface area contributed by atoms with Gasteiger partial charge in [0.25, 0.3) is 0 Å². The highest BCUT2D eigenvalue weighted by Crippen LogP contribution is 2.09. The van der Waals surface area contributed by atoms with Gasteiger partial charge < -0.3 is 0 Å². The molecule has 1 rings (SSSR count). The maximum atomic E-state index is 4.11. The Balaban J connectivity index is 2.69. The molecule has 1 unspecified atom stereocenters. The molecule has 1 heterocycles. The van der Waals surface area contributed by atoms with E-state index < -0.39 is 0 Å². The maximum absolute atomic E-state index is 4.11. The van der Waals surface area contributed by atoms with Crippen molar-refractivity contribution < 1.29 is 0 Å². The Morgan fingerprint density at radius 2 is 2.57 bits per heavy atom. The van der Waals surface area contributed by atoms with E-state index in [1.54, 1.807) is 0 Å². The normalized spacial score (nSPS) is 28.3. The standard InChI is InChI=1S/C5H6BrN/c1-4-2-3-5(6)7-4/h2-3,5H,1H3. The molecule has 1 atom stereocenters. The van der Waals surface area contributed by atoms with Crippen molar-refractivity contribution in [2.45, 2.75) is 11.9 Å². The largest absolute Gasteiger partial charge is 0.271 e. The van der Waals surface area contributed by atoms with Gasteiger partial charge >= 0.3 is 0 Å². The van der Waals surface area contributed by atoms with Crippen LogP contribution in [-0.2, 0) is 0 Å². The van der Waals surface area contributed by atoms with Crippen molar-refractivity contribution in [2.75, 3.05) is 0 Å². The first-order valence-corrected chi connectivity index (χ1v) is 3.07. The third-order valence-electron chi connectivity index (χ3n) is 0.823. The van der Waals surface area contributed by atoms with E-state index >= 15 is 0 Å². The summed E-state index contributed by atoms with van der Waals surface area (Å²) in [4.78, 5) is 4.35.